The molecule has 19 heavy (non-hydrogen) atoms. The number of hydrogen-bond acceptors (Lipinski definition) is 5. The predicted octanol–water partition coefficient (Wildman–Crippen LogP) is 1.03. The van der Waals surface area contributed by atoms with Gasteiger partial charge in [-0.15, -0.1) is 0 Å². The van der Waals surface area contributed by atoms with Gasteiger partial charge in [-0.3, -0.25) is 0 Å². The number of benzene rings is 1. The number of ether oxygens (including phenoxy) is 3. The summed E-state index contributed by atoms with van der Waals surface area (Å²) in [6, 6.07) is 5.85. The second kappa shape index (κ2) is 9.61. The van der Waals surface area contributed by atoms with Gasteiger partial charge in [-0.2, -0.15) is 0 Å². The second-order valence-corrected chi connectivity index (χ2v) is 4.10. The normalized spacial score (nSPS) is 10.5. The molecule has 0 aliphatic rings. The first kappa shape index (κ1) is 15.8. The third-order valence-electron chi connectivity index (χ3n) is 2.77. The number of hydrogen-bond donors (Lipinski definition) is 2. The van der Waals surface area contributed by atoms with E-state index in [2.05, 4.69) is 10.6 Å². The average molecular weight is 268 g/mol. The van der Waals surface area contributed by atoms with Crippen LogP contribution >= 0.6 is 0 Å². The van der Waals surface area contributed by atoms with Gasteiger partial charge in [0.1, 0.15) is 11.5 Å². The summed E-state index contributed by atoms with van der Waals surface area (Å²) < 4.78 is 15.5. The summed E-state index contributed by atoms with van der Waals surface area (Å²) in [7, 11) is 5.03. The first-order valence-electron chi connectivity index (χ1n) is 6.43. The highest BCUT2D eigenvalue weighted by molar-refractivity contribution is 5.40. The SMILES string of the molecule is COCCNCCNCc1ccc(OC)cc1OC. The summed E-state index contributed by atoms with van der Waals surface area (Å²) in [6.45, 7) is 4.22. The third kappa shape index (κ3) is 5.92. The van der Waals surface area contributed by atoms with Gasteiger partial charge in [0, 0.05) is 44.9 Å². The highest BCUT2D eigenvalue weighted by Gasteiger charge is 2.04. The molecule has 0 aromatic heterocycles. The van der Waals surface area contributed by atoms with Crippen LogP contribution in [0.15, 0.2) is 18.2 Å². The minimum absolute atomic E-state index is 0.742. The van der Waals surface area contributed by atoms with Crippen LogP contribution in [0.2, 0.25) is 0 Å². The Balaban J connectivity index is 2.28. The summed E-state index contributed by atoms with van der Waals surface area (Å²) in [5.74, 6) is 1.65. The van der Waals surface area contributed by atoms with Gasteiger partial charge in [0.2, 0.25) is 0 Å². The van der Waals surface area contributed by atoms with E-state index in [0.717, 1.165) is 49.8 Å². The molecular weight excluding hydrogens is 244 g/mol. The number of nitrogens with one attached hydrogen (secondary N) is 2. The Labute approximate surface area is 115 Å². The Kier molecular flexibility index (Phi) is 7.97. The van der Waals surface area contributed by atoms with Gasteiger partial charge in [0.25, 0.3) is 0 Å². The van der Waals surface area contributed by atoms with Crippen LogP contribution in [0.1, 0.15) is 5.56 Å². The minimum Gasteiger partial charge on any atom is -0.497 e. The molecule has 0 saturated heterocycles. The highest BCUT2D eigenvalue weighted by Crippen LogP contribution is 2.24. The molecule has 0 aliphatic carbocycles. The van der Waals surface area contributed by atoms with Gasteiger partial charge in [0.15, 0.2) is 0 Å². The first-order chi connectivity index (χ1) is 9.31. The zero-order valence-electron chi connectivity index (χ0n) is 12.0. The van der Waals surface area contributed by atoms with Crippen molar-refractivity contribution in [2.24, 2.45) is 0 Å². The van der Waals surface area contributed by atoms with E-state index >= 15 is 0 Å². The molecule has 0 unspecified atom stereocenters. The van der Waals surface area contributed by atoms with Crippen molar-refractivity contribution in [3.05, 3.63) is 23.8 Å². The Morgan fingerprint density at radius 2 is 1.74 bits per heavy atom. The van der Waals surface area contributed by atoms with E-state index in [9.17, 15) is 0 Å². The third-order valence-corrected chi connectivity index (χ3v) is 2.77. The standard InChI is InChI=1S/C14H24N2O3/c1-17-9-8-15-6-7-16-11-12-4-5-13(18-2)10-14(12)19-3/h4-5,10,15-16H,6-9,11H2,1-3H3. The Morgan fingerprint density at radius 1 is 0.947 bits per heavy atom. The van der Waals surface area contributed by atoms with Crippen molar-refractivity contribution >= 4 is 0 Å². The van der Waals surface area contributed by atoms with E-state index in [-0.39, 0.29) is 0 Å². The van der Waals surface area contributed by atoms with Gasteiger partial charge in [0.05, 0.1) is 20.8 Å². The lowest BCUT2D eigenvalue weighted by Crippen LogP contribution is -2.29. The van der Waals surface area contributed by atoms with E-state index in [1.54, 1.807) is 21.3 Å². The van der Waals surface area contributed by atoms with E-state index in [1.807, 2.05) is 18.2 Å². The van der Waals surface area contributed by atoms with Crippen LogP contribution in [0.3, 0.4) is 0 Å². The molecule has 1 aromatic carbocycles. The van der Waals surface area contributed by atoms with E-state index < -0.39 is 0 Å². The van der Waals surface area contributed by atoms with Gasteiger partial charge < -0.3 is 24.8 Å². The summed E-state index contributed by atoms with van der Waals surface area (Å²) in [5, 5.41) is 6.65. The second-order valence-electron chi connectivity index (χ2n) is 4.10. The zero-order valence-corrected chi connectivity index (χ0v) is 12.0. The molecule has 0 heterocycles. The summed E-state index contributed by atoms with van der Waals surface area (Å²) in [6.07, 6.45) is 0. The molecule has 1 aromatic rings. The van der Waals surface area contributed by atoms with Crippen molar-refractivity contribution in [1.29, 1.82) is 0 Å². The predicted molar refractivity (Wildman–Crippen MR) is 76.0 cm³/mol. The van der Waals surface area contributed by atoms with Crippen LogP contribution < -0.4 is 20.1 Å². The number of methoxy groups -OCH3 is 3. The number of rotatable bonds is 10. The summed E-state index contributed by atoms with van der Waals surface area (Å²) in [4.78, 5) is 0. The Morgan fingerprint density at radius 3 is 2.42 bits per heavy atom. The molecule has 0 atom stereocenters. The van der Waals surface area contributed by atoms with Crippen molar-refractivity contribution in [2.75, 3.05) is 47.6 Å². The van der Waals surface area contributed by atoms with Gasteiger partial charge in [-0.1, -0.05) is 6.07 Å². The molecule has 0 spiro atoms. The van der Waals surface area contributed by atoms with Gasteiger partial charge >= 0.3 is 0 Å². The van der Waals surface area contributed by atoms with Crippen LogP contribution in [-0.4, -0.2) is 47.6 Å². The molecule has 5 nitrogen and oxygen atoms in total. The van der Waals surface area contributed by atoms with E-state index in [1.165, 1.54) is 0 Å². The maximum atomic E-state index is 5.35. The maximum absolute atomic E-state index is 5.35. The fourth-order valence-electron chi connectivity index (χ4n) is 1.70. The lowest BCUT2D eigenvalue weighted by atomic mass is 10.2. The fourth-order valence-corrected chi connectivity index (χ4v) is 1.70. The fraction of sp³-hybridized carbons (Fsp3) is 0.571. The Bertz CT molecular complexity index is 359. The van der Waals surface area contributed by atoms with Crippen LogP contribution in [0.5, 0.6) is 11.5 Å². The molecule has 0 bridgehead atoms. The molecule has 1 rings (SSSR count). The van der Waals surface area contributed by atoms with Crippen molar-refractivity contribution in [2.45, 2.75) is 6.54 Å². The molecule has 0 amide bonds. The molecule has 0 fully saturated rings. The van der Waals surface area contributed by atoms with E-state index in [4.69, 9.17) is 14.2 Å². The first-order valence-corrected chi connectivity index (χ1v) is 6.43. The Hall–Kier alpha value is -1.30. The van der Waals surface area contributed by atoms with Crippen LogP contribution in [0.25, 0.3) is 0 Å². The molecule has 2 N–H and O–H groups in total. The summed E-state index contributed by atoms with van der Waals surface area (Å²) in [5.41, 5.74) is 1.13. The molecule has 5 heteroatoms. The maximum Gasteiger partial charge on any atom is 0.127 e. The van der Waals surface area contributed by atoms with Gasteiger partial charge in [-0.05, 0) is 6.07 Å². The highest BCUT2D eigenvalue weighted by atomic mass is 16.5. The topological polar surface area (TPSA) is 51.8 Å². The van der Waals surface area contributed by atoms with Crippen LogP contribution in [0.4, 0.5) is 0 Å². The summed E-state index contributed by atoms with van der Waals surface area (Å²) >= 11 is 0. The van der Waals surface area contributed by atoms with Crippen molar-refractivity contribution in [3.8, 4) is 11.5 Å². The monoisotopic (exact) mass is 268 g/mol. The quantitative estimate of drug-likeness (QED) is 0.621. The molecule has 108 valence electrons. The van der Waals surface area contributed by atoms with Crippen molar-refractivity contribution in [3.63, 3.8) is 0 Å². The van der Waals surface area contributed by atoms with Crippen LogP contribution in [-0.2, 0) is 11.3 Å². The van der Waals surface area contributed by atoms with Crippen LogP contribution in [0, 0.1) is 0 Å². The minimum atomic E-state index is 0.742. The molecular formula is C14H24N2O3. The molecule has 0 radical (unpaired) electrons. The smallest absolute Gasteiger partial charge is 0.127 e. The average Bonchev–Trinajstić information content (AvgIpc) is 2.46. The lowest BCUT2D eigenvalue weighted by Gasteiger charge is -2.11. The molecule has 0 aliphatic heterocycles. The van der Waals surface area contributed by atoms with Crippen molar-refractivity contribution < 1.29 is 14.2 Å². The van der Waals surface area contributed by atoms with Gasteiger partial charge in [-0.25, -0.2) is 0 Å². The van der Waals surface area contributed by atoms with Crippen molar-refractivity contribution in [1.82, 2.24) is 10.6 Å². The molecule has 0 saturated carbocycles. The zero-order chi connectivity index (χ0) is 13.9. The van der Waals surface area contributed by atoms with E-state index in [0.29, 0.717) is 0 Å². The largest absolute Gasteiger partial charge is 0.497 e. The lowest BCUT2D eigenvalue weighted by molar-refractivity contribution is 0.199.